The lowest BCUT2D eigenvalue weighted by atomic mass is 10.2. The fourth-order valence-electron chi connectivity index (χ4n) is 2.27. The third-order valence-corrected chi connectivity index (χ3v) is 5.05. The zero-order valence-electron chi connectivity index (χ0n) is 13.4. The van der Waals surface area contributed by atoms with Crippen molar-refractivity contribution in [2.24, 2.45) is 0 Å². The second-order valence-corrected chi connectivity index (χ2v) is 6.99. The Morgan fingerprint density at radius 2 is 2.17 bits per heavy atom. The number of anilines is 1. The first-order chi connectivity index (χ1) is 11.7. The van der Waals surface area contributed by atoms with E-state index >= 15 is 0 Å². The zero-order chi connectivity index (χ0) is 16.9. The molecule has 0 aliphatic carbocycles. The highest BCUT2D eigenvalue weighted by molar-refractivity contribution is 7.99. The Morgan fingerprint density at radius 1 is 1.29 bits per heavy atom. The standard InChI is InChI=1S/C17H17N3O2S2/c1-3-20(13-7-4-6-12(2)10-13)15(21)11-24-17-19-18-16(22-17)14-8-5-9-23-14/h4-10H,3,11H2,1-2H3. The Hall–Kier alpha value is -2.12. The van der Waals surface area contributed by atoms with Gasteiger partial charge in [0.25, 0.3) is 11.1 Å². The number of carbonyl (C=O) groups excluding carboxylic acids is 1. The maximum atomic E-state index is 12.5. The van der Waals surface area contributed by atoms with Crippen LogP contribution in [0.1, 0.15) is 12.5 Å². The van der Waals surface area contributed by atoms with Crippen molar-refractivity contribution in [3.63, 3.8) is 0 Å². The second-order valence-electron chi connectivity index (χ2n) is 5.12. The Morgan fingerprint density at radius 3 is 2.88 bits per heavy atom. The lowest BCUT2D eigenvalue weighted by Crippen LogP contribution is -2.32. The van der Waals surface area contributed by atoms with Crippen LogP contribution in [0, 0.1) is 6.92 Å². The average Bonchev–Trinajstić information content (AvgIpc) is 3.25. The molecule has 0 bridgehead atoms. The number of thioether (sulfide) groups is 1. The van der Waals surface area contributed by atoms with Crippen LogP contribution in [0.2, 0.25) is 0 Å². The first-order valence-electron chi connectivity index (χ1n) is 7.54. The van der Waals surface area contributed by atoms with Crippen LogP contribution in [-0.4, -0.2) is 28.4 Å². The quantitative estimate of drug-likeness (QED) is 0.616. The number of thiophene rings is 1. The van der Waals surface area contributed by atoms with Crippen molar-refractivity contribution in [1.82, 2.24) is 10.2 Å². The maximum absolute atomic E-state index is 12.5. The van der Waals surface area contributed by atoms with Gasteiger partial charge in [0, 0.05) is 12.2 Å². The van der Waals surface area contributed by atoms with Gasteiger partial charge in [-0.1, -0.05) is 30.0 Å². The number of aryl methyl sites for hydroxylation is 1. The van der Waals surface area contributed by atoms with E-state index in [1.165, 1.54) is 11.8 Å². The molecule has 0 aliphatic rings. The number of hydrogen-bond donors (Lipinski definition) is 0. The summed E-state index contributed by atoms with van der Waals surface area (Å²) >= 11 is 2.80. The third kappa shape index (κ3) is 3.85. The smallest absolute Gasteiger partial charge is 0.277 e. The molecule has 0 aliphatic heterocycles. The highest BCUT2D eigenvalue weighted by Crippen LogP contribution is 2.27. The van der Waals surface area contributed by atoms with Crippen LogP contribution < -0.4 is 4.90 Å². The van der Waals surface area contributed by atoms with Gasteiger partial charge in [-0.2, -0.15) is 0 Å². The van der Waals surface area contributed by atoms with E-state index in [9.17, 15) is 4.79 Å². The number of aromatic nitrogens is 2. The molecule has 0 radical (unpaired) electrons. The van der Waals surface area contributed by atoms with Crippen LogP contribution in [0.4, 0.5) is 5.69 Å². The minimum atomic E-state index is 0.0176. The maximum Gasteiger partial charge on any atom is 0.277 e. The highest BCUT2D eigenvalue weighted by Gasteiger charge is 2.17. The monoisotopic (exact) mass is 359 g/mol. The first-order valence-corrected chi connectivity index (χ1v) is 9.41. The molecular weight excluding hydrogens is 342 g/mol. The van der Waals surface area contributed by atoms with Crippen molar-refractivity contribution >= 4 is 34.7 Å². The average molecular weight is 359 g/mol. The zero-order valence-corrected chi connectivity index (χ0v) is 15.1. The molecule has 0 spiro atoms. The molecule has 1 amide bonds. The summed E-state index contributed by atoms with van der Waals surface area (Å²) < 4.78 is 5.60. The molecule has 124 valence electrons. The normalized spacial score (nSPS) is 10.8. The van der Waals surface area contributed by atoms with Gasteiger partial charge in [0.2, 0.25) is 5.91 Å². The first kappa shape index (κ1) is 16.7. The SMILES string of the molecule is CCN(C(=O)CSc1nnc(-c2cccs2)o1)c1cccc(C)c1. The Kier molecular flexibility index (Phi) is 5.32. The predicted octanol–water partition coefficient (Wildman–Crippen LogP) is 4.25. The van der Waals surface area contributed by atoms with Crippen molar-refractivity contribution in [3.8, 4) is 10.8 Å². The fourth-order valence-corrected chi connectivity index (χ4v) is 3.55. The van der Waals surface area contributed by atoms with Crippen LogP contribution >= 0.6 is 23.1 Å². The molecule has 7 heteroatoms. The molecule has 0 N–H and O–H groups in total. The minimum absolute atomic E-state index is 0.0176. The molecule has 3 aromatic rings. The number of hydrogen-bond acceptors (Lipinski definition) is 6. The van der Waals surface area contributed by atoms with Crippen LogP contribution in [-0.2, 0) is 4.79 Å². The summed E-state index contributed by atoms with van der Waals surface area (Å²) in [7, 11) is 0. The summed E-state index contributed by atoms with van der Waals surface area (Å²) in [6.45, 7) is 4.60. The van der Waals surface area contributed by atoms with Crippen molar-refractivity contribution < 1.29 is 9.21 Å². The summed E-state index contributed by atoms with van der Waals surface area (Å²) in [5.41, 5.74) is 2.04. The van der Waals surface area contributed by atoms with E-state index in [-0.39, 0.29) is 11.7 Å². The number of nitrogens with zero attached hydrogens (tertiary/aromatic N) is 3. The van der Waals surface area contributed by atoms with Crippen LogP contribution in [0.15, 0.2) is 51.4 Å². The lowest BCUT2D eigenvalue weighted by Gasteiger charge is -2.21. The molecule has 0 saturated carbocycles. The Labute approximate surface area is 148 Å². The summed E-state index contributed by atoms with van der Waals surface area (Å²) in [6, 6.07) is 11.8. The molecule has 2 heterocycles. The van der Waals surface area contributed by atoms with Crippen molar-refractivity contribution in [1.29, 1.82) is 0 Å². The van der Waals surface area contributed by atoms with Crippen molar-refractivity contribution in [2.45, 2.75) is 19.1 Å². The third-order valence-electron chi connectivity index (χ3n) is 3.39. The fraction of sp³-hybridized carbons (Fsp3) is 0.235. The summed E-state index contributed by atoms with van der Waals surface area (Å²) in [5.74, 6) is 0.767. The Balaban J connectivity index is 1.64. The Bertz CT molecular complexity index is 815. The van der Waals surface area contributed by atoms with E-state index < -0.39 is 0 Å². The van der Waals surface area contributed by atoms with E-state index in [1.54, 1.807) is 16.2 Å². The van der Waals surface area contributed by atoms with Crippen molar-refractivity contribution in [2.75, 3.05) is 17.2 Å². The molecular formula is C17H17N3O2S2. The summed E-state index contributed by atoms with van der Waals surface area (Å²) in [4.78, 5) is 15.2. The van der Waals surface area contributed by atoms with Crippen molar-refractivity contribution in [3.05, 3.63) is 47.3 Å². The van der Waals surface area contributed by atoms with Crippen LogP contribution in [0.5, 0.6) is 0 Å². The molecule has 0 fully saturated rings. The number of rotatable bonds is 6. The molecule has 2 aromatic heterocycles. The largest absolute Gasteiger partial charge is 0.410 e. The summed E-state index contributed by atoms with van der Waals surface area (Å²) in [6.07, 6.45) is 0. The van der Waals surface area contributed by atoms with Gasteiger partial charge >= 0.3 is 0 Å². The van der Waals surface area contributed by atoms with Gasteiger partial charge in [0.15, 0.2) is 0 Å². The number of amides is 1. The van der Waals surface area contributed by atoms with Gasteiger partial charge in [-0.25, -0.2) is 0 Å². The number of carbonyl (C=O) groups is 1. The molecule has 3 rings (SSSR count). The molecule has 0 unspecified atom stereocenters. The second kappa shape index (κ2) is 7.63. The van der Waals surface area contributed by atoms with Gasteiger partial charge in [-0.3, -0.25) is 4.79 Å². The van der Waals surface area contributed by atoms with E-state index in [2.05, 4.69) is 10.2 Å². The molecule has 0 saturated heterocycles. The van der Waals surface area contributed by atoms with E-state index in [4.69, 9.17) is 4.42 Å². The highest BCUT2D eigenvalue weighted by atomic mass is 32.2. The van der Waals surface area contributed by atoms with Crippen LogP contribution in [0.3, 0.4) is 0 Å². The summed E-state index contributed by atoms with van der Waals surface area (Å²) in [5, 5.41) is 10.4. The number of benzene rings is 1. The van der Waals surface area contributed by atoms with E-state index in [0.29, 0.717) is 17.7 Å². The van der Waals surface area contributed by atoms with E-state index in [1.807, 2.05) is 55.6 Å². The van der Waals surface area contributed by atoms with Gasteiger partial charge < -0.3 is 9.32 Å². The van der Waals surface area contributed by atoms with Gasteiger partial charge in [0.05, 0.1) is 10.6 Å². The molecule has 1 aromatic carbocycles. The van der Waals surface area contributed by atoms with Gasteiger partial charge in [-0.05, 0) is 43.0 Å². The van der Waals surface area contributed by atoms with Gasteiger partial charge in [-0.15, -0.1) is 21.5 Å². The van der Waals surface area contributed by atoms with Gasteiger partial charge in [0.1, 0.15) is 0 Å². The minimum Gasteiger partial charge on any atom is -0.410 e. The molecule has 24 heavy (non-hydrogen) atoms. The predicted molar refractivity (Wildman–Crippen MR) is 97.5 cm³/mol. The van der Waals surface area contributed by atoms with Crippen LogP contribution in [0.25, 0.3) is 10.8 Å². The topological polar surface area (TPSA) is 59.2 Å². The molecule has 5 nitrogen and oxygen atoms in total. The lowest BCUT2D eigenvalue weighted by molar-refractivity contribution is -0.116. The van der Waals surface area contributed by atoms with E-state index in [0.717, 1.165) is 16.1 Å². The molecule has 0 atom stereocenters.